The van der Waals surface area contributed by atoms with Crippen molar-refractivity contribution in [3.63, 3.8) is 0 Å². The first-order valence-electron chi connectivity index (χ1n) is 13.3. The van der Waals surface area contributed by atoms with Gasteiger partial charge in [0.2, 0.25) is 0 Å². The zero-order valence-corrected chi connectivity index (χ0v) is 22.5. The van der Waals surface area contributed by atoms with E-state index in [2.05, 4.69) is 15.5 Å². The number of carbonyl (C=O) groups excluding carboxylic acids is 3. The molecule has 3 amide bonds. The lowest BCUT2D eigenvalue weighted by Crippen LogP contribution is -2.49. The van der Waals surface area contributed by atoms with Crippen LogP contribution in [0.1, 0.15) is 37.5 Å². The second-order valence-electron chi connectivity index (χ2n) is 9.74. The number of halogens is 1. The zero-order valence-electron chi connectivity index (χ0n) is 21.7. The van der Waals surface area contributed by atoms with E-state index in [1.165, 1.54) is 0 Å². The average molecular weight is 546 g/mol. The summed E-state index contributed by atoms with van der Waals surface area (Å²) in [5.74, 6) is -0.338. The first-order chi connectivity index (χ1) is 19.0. The third kappa shape index (κ3) is 6.41. The minimum absolute atomic E-state index is 0.0441. The summed E-state index contributed by atoms with van der Waals surface area (Å²) in [7, 11) is 0. The lowest BCUT2D eigenvalue weighted by Gasteiger charge is -2.37. The van der Waals surface area contributed by atoms with E-state index in [1.54, 1.807) is 42.5 Å². The van der Waals surface area contributed by atoms with Gasteiger partial charge < -0.3 is 25.3 Å². The molecule has 0 saturated carbocycles. The van der Waals surface area contributed by atoms with Gasteiger partial charge in [0.05, 0.1) is 11.4 Å². The molecule has 2 aliphatic rings. The van der Waals surface area contributed by atoms with Crippen LogP contribution in [0.25, 0.3) is 0 Å². The van der Waals surface area contributed by atoms with Gasteiger partial charge in [-0.05, 0) is 61.5 Å². The number of hydrogen-bond donors (Lipinski definition) is 2. The molecule has 2 heterocycles. The van der Waals surface area contributed by atoms with Crippen LogP contribution in [0.5, 0.6) is 0 Å². The Morgan fingerprint density at radius 3 is 2.13 bits per heavy atom. The largest absolute Gasteiger partial charge is 0.366 e. The van der Waals surface area contributed by atoms with Crippen molar-refractivity contribution in [3.8, 4) is 0 Å². The summed E-state index contributed by atoms with van der Waals surface area (Å²) in [6.07, 6.45) is 0.902. The van der Waals surface area contributed by atoms with Crippen molar-refractivity contribution in [2.24, 2.45) is 0 Å². The molecule has 0 aromatic heterocycles. The molecule has 8 nitrogen and oxygen atoms in total. The Labute approximate surface area is 233 Å². The van der Waals surface area contributed by atoms with Gasteiger partial charge in [0.25, 0.3) is 17.7 Å². The molecule has 0 bridgehead atoms. The van der Waals surface area contributed by atoms with Gasteiger partial charge in [-0.15, -0.1) is 0 Å². The topological polar surface area (TPSA) is 85.0 Å². The lowest BCUT2D eigenvalue weighted by molar-refractivity contribution is 0.0743. The monoisotopic (exact) mass is 545 g/mol. The standard InChI is InChI=1S/C30H32ClN5O3/c31-25-9-4-8-23(20-25)29(38)36-18-16-34(17-19-36)27-11-10-24(30(39)35-14-5-12-32-13-15-35)21-26(27)33-28(37)22-6-2-1-3-7-22/h1-4,6-11,20-21,32H,5,12-19H2,(H,33,37). The minimum Gasteiger partial charge on any atom is -0.366 e. The van der Waals surface area contributed by atoms with Gasteiger partial charge in [-0.3, -0.25) is 14.4 Å². The summed E-state index contributed by atoms with van der Waals surface area (Å²) in [6.45, 7) is 5.23. The predicted octanol–water partition coefficient (Wildman–Crippen LogP) is 3.99. The molecule has 0 spiro atoms. The maximum absolute atomic E-state index is 13.3. The summed E-state index contributed by atoms with van der Waals surface area (Å²) in [6, 6.07) is 21.5. The predicted molar refractivity (Wildman–Crippen MR) is 154 cm³/mol. The fraction of sp³-hybridized carbons (Fsp3) is 0.300. The minimum atomic E-state index is -0.241. The van der Waals surface area contributed by atoms with Crippen LogP contribution < -0.4 is 15.5 Å². The van der Waals surface area contributed by atoms with E-state index in [0.29, 0.717) is 66.7 Å². The highest BCUT2D eigenvalue weighted by atomic mass is 35.5. The third-order valence-corrected chi connectivity index (χ3v) is 7.37. The van der Waals surface area contributed by atoms with Crippen molar-refractivity contribution in [1.82, 2.24) is 15.1 Å². The van der Waals surface area contributed by atoms with Crippen molar-refractivity contribution in [3.05, 3.63) is 94.5 Å². The highest BCUT2D eigenvalue weighted by Crippen LogP contribution is 2.30. The van der Waals surface area contributed by atoms with Crippen LogP contribution in [0.2, 0.25) is 5.02 Å². The molecule has 2 N–H and O–H groups in total. The van der Waals surface area contributed by atoms with Gasteiger partial charge in [0, 0.05) is 67.5 Å². The van der Waals surface area contributed by atoms with Crippen LogP contribution in [-0.4, -0.2) is 79.9 Å². The Balaban J connectivity index is 1.36. The SMILES string of the molecule is O=C(Nc1cc(C(=O)N2CCCNCC2)ccc1N1CCN(C(=O)c2cccc(Cl)c2)CC1)c1ccccc1. The number of nitrogens with one attached hydrogen (secondary N) is 2. The molecular formula is C30H32ClN5O3. The molecule has 0 atom stereocenters. The second-order valence-corrected chi connectivity index (χ2v) is 10.2. The number of benzene rings is 3. The summed E-state index contributed by atoms with van der Waals surface area (Å²) < 4.78 is 0. The van der Waals surface area contributed by atoms with Crippen molar-refractivity contribution in [2.75, 3.05) is 62.6 Å². The van der Waals surface area contributed by atoms with Gasteiger partial charge in [0.15, 0.2) is 0 Å². The van der Waals surface area contributed by atoms with Crippen LogP contribution in [-0.2, 0) is 0 Å². The highest BCUT2D eigenvalue weighted by molar-refractivity contribution is 6.31. The van der Waals surface area contributed by atoms with E-state index in [0.717, 1.165) is 25.2 Å². The fourth-order valence-corrected chi connectivity index (χ4v) is 5.21. The smallest absolute Gasteiger partial charge is 0.255 e. The number of piperazine rings is 1. The molecule has 2 aliphatic heterocycles. The first-order valence-corrected chi connectivity index (χ1v) is 13.7. The zero-order chi connectivity index (χ0) is 27.2. The lowest BCUT2D eigenvalue weighted by atomic mass is 10.1. The van der Waals surface area contributed by atoms with Crippen molar-refractivity contribution >= 4 is 40.7 Å². The van der Waals surface area contributed by atoms with E-state index in [4.69, 9.17) is 11.6 Å². The van der Waals surface area contributed by atoms with E-state index >= 15 is 0 Å². The number of carbonyl (C=O) groups is 3. The Kier molecular flexibility index (Phi) is 8.44. The summed E-state index contributed by atoms with van der Waals surface area (Å²) >= 11 is 6.08. The molecule has 2 fully saturated rings. The van der Waals surface area contributed by atoms with Crippen LogP contribution >= 0.6 is 11.6 Å². The Morgan fingerprint density at radius 1 is 0.692 bits per heavy atom. The third-order valence-electron chi connectivity index (χ3n) is 7.13. The van der Waals surface area contributed by atoms with Gasteiger partial charge in [-0.2, -0.15) is 0 Å². The van der Waals surface area contributed by atoms with Gasteiger partial charge >= 0.3 is 0 Å². The van der Waals surface area contributed by atoms with Crippen LogP contribution in [0.4, 0.5) is 11.4 Å². The fourth-order valence-electron chi connectivity index (χ4n) is 5.01. The molecule has 5 rings (SSSR count). The molecule has 0 unspecified atom stereocenters. The summed E-state index contributed by atoms with van der Waals surface area (Å²) in [4.78, 5) is 45.3. The average Bonchev–Trinajstić information content (AvgIpc) is 3.27. The molecule has 0 radical (unpaired) electrons. The molecular weight excluding hydrogens is 514 g/mol. The van der Waals surface area contributed by atoms with Gasteiger partial charge in [-0.1, -0.05) is 35.9 Å². The van der Waals surface area contributed by atoms with E-state index < -0.39 is 0 Å². The van der Waals surface area contributed by atoms with E-state index in [1.807, 2.05) is 40.1 Å². The Bertz CT molecular complexity index is 1330. The Morgan fingerprint density at radius 2 is 1.38 bits per heavy atom. The number of hydrogen-bond acceptors (Lipinski definition) is 5. The first kappa shape index (κ1) is 26.7. The maximum atomic E-state index is 13.3. The summed E-state index contributed by atoms with van der Waals surface area (Å²) in [5, 5.41) is 6.90. The van der Waals surface area contributed by atoms with Crippen molar-refractivity contribution < 1.29 is 14.4 Å². The highest BCUT2D eigenvalue weighted by Gasteiger charge is 2.26. The van der Waals surface area contributed by atoms with Crippen molar-refractivity contribution in [2.45, 2.75) is 6.42 Å². The molecule has 202 valence electrons. The molecule has 0 aliphatic carbocycles. The number of rotatable bonds is 5. The normalized spacial score (nSPS) is 16.0. The van der Waals surface area contributed by atoms with Gasteiger partial charge in [0.1, 0.15) is 0 Å². The van der Waals surface area contributed by atoms with Gasteiger partial charge in [-0.25, -0.2) is 0 Å². The molecule has 9 heteroatoms. The maximum Gasteiger partial charge on any atom is 0.255 e. The summed E-state index contributed by atoms with van der Waals surface area (Å²) in [5.41, 5.74) is 3.05. The molecule has 3 aromatic rings. The van der Waals surface area contributed by atoms with Crippen LogP contribution in [0.15, 0.2) is 72.8 Å². The molecule has 39 heavy (non-hydrogen) atoms. The second kappa shape index (κ2) is 12.3. The van der Waals surface area contributed by atoms with E-state index in [9.17, 15) is 14.4 Å². The van der Waals surface area contributed by atoms with Crippen molar-refractivity contribution in [1.29, 1.82) is 0 Å². The van der Waals surface area contributed by atoms with Crippen LogP contribution in [0, 0.1) is 0 Å². The molecule has 2 saturated heterocycles. The molecule has 3 aromatic carbocycles. The number of amides is 3. The quantitative estimate of drug-likeness (QED) is 0.506. The number of anilines is 2. The van der Waals surface area contributed by atoms with E-state index in [-0.39, 0.29) is 17.7 Å². The van der Waals surface area contributed by atoms with Crippen LogP contribution in [0.3, 0.4) is 0 Å². The number of nitrogens with zero attached hydrogens (tertiary/aromatic N) is 3. The Hall–Kier alpha value is -3.88.